The lowest BCUT2D eigenvalue weighted by Gasteiger charge is -2.25. The number of carbonyl (C=O) groups is 1. The number of hydrogen-bond acceptors (Lipinski definition) is 4. The fourth-order valence-electron chi connectivity index (χ4n) is 3.22. The van der Waals surface area contributed by atoms with Crippen LogP contribution in [0, 0.1) is 6.92 Å². The molecule has 1 aliphatic rings. The first-order valence-corrected chi connectivity index (χ1v) is 8.84. The van der Waals surface area contributed by atoms with Gasteiger partial charge in [0.05, 0.1) is 0 Å². The Morgan fingerprint density at radius 3 is 2.38 bits per heavy atom. The molecule has 1 aliphatic heterocycles. The van der Waals surface area contributed by atoms with Crippen molar-refractivity contribution in [2.75, 3.05) is 18.4 Å². The Hall–Kier alpha value is -2.52. The molecule has 1 aromatic heterocycles. The van der Waals surface area contributed by atoms with Crippen molar-refractivity contribution in [3.63, 3.8) is 0 Å². The summed E-state index contributed by atoms with van der Waals surface area (Å²) in [5, 5.41) is 5.79. The Kier molecular flexibility index (Phi) is 7.32. The van der Waals surface area contributed by atoms with E-state index in [9.17, 15) is 22.8 Å². The predicted octanol–water partition coefficient (Wildman–Crippen LogP) is 3.65. The maximum Gasteiger partial charge on any atom is 0.573 e. The standard InChI is InChI=1S/C19H20F3N3O3.ClH/c1-12-8-11-25(14-6-9-23-10-7-14)18(27)16(12)17(26)24-13-2-4-15(5-3-13)28-19(20,21)22;/h2-5,8,11,14,23H,6-7,9-10H2,1H3,(H,24,26);1H. The summed E-state index contributed by atoms with van der Waals surface area (Å²) in [7, 11) is 0. The molecule has 29 heavy (non-hydrogen) atoms. The quantitative estimate of drug-likeness (QED) is 0.775. The average Bonchev–Trinajstić information content (AvgIpc) is 2.63. The van der Waals surface area contributed by atoms with E-state index in [-0.39, 0.29) is 35.3 Å². The molecule has 1 fully saturated rings. The van der Waals surface area contributed by atoms with E-state index in [0.29, 0.717) is 5.56 Å². The van der Waals surface area contributed by atoms with Crippen LogP contribution in [-0.2, 0) is 0 Å². The van der Waals surface area contributed by atoms with Gasteiger partial charge in [-0.15, -0.1) is 25.6 Å². The molecule has 1 aromatic carbocycles. The first-order valence-electron chi connectivity index (χ1n) is 8.84. The molecule has 2 aromatic rings. The van der Waals surface area contributed by atoms with Crippen LogP contribution in [0.5, 0.6) is 5.75 Å². The van der Waals surface area contributed by atoms with Crippen LogP contribution in [0.1, 0.15) is 34.8 Å². The van der Waals surface area contributed by atoms with Crippen molar-refractivity contribution in [3.05, 3.63) is 58.0 Å². The summed E-state index contributed by atoms with van der Waals surface area (Å²) in [5.74, 6) is -0.995. The zero-order valence-electron chi connectivity index (χ0n) is 15.6. The van der Waals surface area contributed by atoms with E-state index in [1.165, 1.54) is 12.1 Å². The summed E-state index contributed by atoms with van der Waals surface area (Å²) in [6, 6.07) is 6.49. The highest BCUT2D eigenvalue weighted by Gasteiger charge is 2.31. The highest BCUT2D eigenvalue weighted by atomic mass is 35.5. The molecule has 6 nitrogen and oxygen atoms in total. The Morgan fingerprint density at radius 2 is 1.79 bits per heavy atom. The molecular weight excluding hydrogens is 411 g/mol. The second-order valence-corrected chi connectivity index (χ2v) is 6.59. The predicted molar refractivity (Wildman–Crippen MR) is 105 cm³/mol. The number of rotatable bonds is 4. The van der Waals surface area contributed by atoms with Crippen molar-refractivity contribution in [3.8, 4) is 5.75 Å². The first kappa shape index (κ1) is 22.8. The third-order valence-electron chi connectivity index (χ3n) is 4.60. The number of anilines is 1. The van der Waals surface area contributed by atoms with E-state index in [2.05, 4.69) is 15.4 Å². The van der Waals surface area contributed by atoms with Gasteiger partial charge in [0.15, 0.2) is 0 Å². The monoisotopic (exact) mass is 431 g/mol. The largest absolute Gasteiger partial charge is 0.573 e. The van der Waals surface area contributed by atoms with E-state index in [1.807, 2.05) is 0 Å². The van der Waals surface area contributed by atoms with Gasteiger partial charge in [-0.2, -0.15) is 0 Å². The second-order valence-electron chi connectivity index (χ2n) is 6.59. The van der Waals surface area contributed by atoms with Gasteiger partial charge in [-0.1, -0.05) is 0 Å². The molecule has 0 atom stereocenters. The number of aromatic nitrogens is 1. The Bertz CT molecular complexity index is 908. The summed E-state index contributed by atoms with van der Waals surface area (Å²) in [5.41, 5.74) is 0.443. The van der Waals surface area contributed by atoms with Crippen molar-refractivity contribution in [2.24, 2.45) is 0 Å². The van der Waals surface area contributed by atoms with Crippen LogP contribution in [0.4, 0.5) is 18.9 Å². The van der Waals surface area contributed by atoms with Gasteiger partial charge < -0.3 is 19.9 Å². The summed E-state index contributed by atoms with van der Waals surface area (Å²) >= 11 is 0. The number of hydrogen-bond donors (Lipinski definition) is 2. The number of aryl methyl sites for hydroxylation is 1. The molecule has 3 rings (SSSR count). The van der Waals surface area contributed by atoms with Gasteiger partial charge in [0, 0.05) is 17.9 Å². The summed E-state index contributed by atoms with van der Waals surface area (Å²) in [6.45, 7) is 3.28. The Balaban J connectivity index is 0.00000300. The SMILES string of the molecule is Cc1ccn(C2CCNCC2)c(=O)c1C(=O)Nc1ccc(OC(F)(F)F)cc1.Cl. The van der Waals surface area contributed by atoms with E-state index in [1.54, 1.807) is 23.8 Å². The number of piperidine rings is 1. The molecule has 2 heterocycles. The molecule has 10 heteroatoms. The van der Waals surface area contributed by atoms with Crippen molar-refractivity contribution in [2.45, 2.75) is 32.2 Å². The number of alkyl halides is 3. The molecule has 1 amide bonds. The number of halogens is 4. The fraction of sp³-hybridized carbons (Fsp3) is 0.368. The van der Waals surface area contributed by atoms with Gasteiger partial charge >= 0.3 is 6.36 Å². The highest BCUT2D eigenvalue weighted by Crippen LogP contribution is 2.24. The summed E-state index contributed by atoms with van der Waals surface area (Å²) in [4.78, 5) is 25.5. The van der Waals surface area contributed by atoms with Gasteiger partial charge in [0.1, 0.15) is 11.3 Å². The van der Waals surface area contributed by atoms with Crippen LogP contribution in [0.25, 0.3) is 0 Å². The maximum absolute atomic E-state index is 12.9. The van der Waals surface area contributed by atoms with Crippen molar-refractivity contribution in [1.29, 1.82) is 0 Å². The van der Waals surface area contributed by atoms with Gasteiger partial charge in [-0.3, -0.25) is 9.59 Å². The van der Waals surface area contributed by atoms with E-state index in [0.717, 1.165) is 38.1 Å². The third kappa shape index (κ3) is 5.74. The van der Waals surface area contributed by atoms with Crippen LogP contribution in [-0.4, -0.2) is 29.9 Å². The third-order valence-corrected chi connectivity index (χ3v) is 4.60. The minimum Gasteiger partial charge on any atom is -0.406 e. The van der Waals surface area contributed by atoms with Gasteiger partial charge in [0.2, 0.25) is 0 Å². The first-order chi connectivity index (χ1) is 13.2. The lowest BCUT2D eigenvalue weighted by atomic mass is 10.0. The zero-order chi connectivity index (χ0) is 20.3. The topological polar surface area (TPSA) is 72.4 Å². The normalized spacial score (nSPS) is 14.8. The van der Waals surface area contributed by atoms with Crippen LogP contribution in [0.3, 0.4) is 0 Å². The number of nitrogens with zero attached hydrogens (tertiary/aromatic N) is 1. The molecule has 0 radical (unpaired) electrons. The molecule has 0 saturated carbocycles. The molecule has 2 N–H and O–H groups in total. The van der Waals surface area contributed by atoms with Crippen molar-refractivity contribution < 1.29 is 22.7 Å². The molecular formula is C19H21ClF3N3O3. The second kappa shape index (κ2) is 9.32. The number of nitrogens with one attached hydrogen (secondary N) is 2. The molecule has 0 aliphatic carbocycles. The molecule has 0 bridgehead atoms. The number of benzene rings is 1. The number of carbonyl (C=O) groups excluding carboxylic acids is 1. The average molecular weight is 432 g/mol. The van der Waals surface area contributed by atoms with Crippen LogP contribution in [0.15, 0.2) is 41.3 Å². The van der Waals surface area contributed by atoms with Crippen molar-refractivity contribution >= 4 is 24.0 Å². The number of ether oxygens (including phenoxy) is 1. The summed E-state index contributed by atoms with van der Waals surface area (Å²) in [6.07, 6.45) is -1.49. The minimum atomic E-state index is -4.79. The highest BCUT2D eigenvalue weighted by molar-refractivity contribution is 6.05. The Morgan fingerprint density at radius 1 is 1.17 bits per heavy atom. The van der Waals surface area contributed by atoms with Gasteiger partial charge in [0.25, 0.3) is 11.5 Å². The number of pyridine rings is 1. The van der Waals surface area contributed by atoms with Gasteiger partial charge in [-0.05, 0) is 68.8 Å². The van der Waals surface area contributed by atoms with Crippen molar-refractivity contribution in [1.82, 2.24) is 9.88 Å². The molecule has 1 saturated heterocycles. The summed E-state index contributed by atoms with van der Waals surface area (Å²) < 4.78 is 42.0. The zero-order valence-corrected chi connectivity index (χ0v) is 16.4. The lowest BCUT2D eigenvalue weighted by Crippen LogP contribution is -2.37. The van der Waals surface area contributed by atoms with E-state index in [4.69, 9.17) is 0 Å². The Labute approximate surface area is 171 Å². The minimum absolute atomic E-state index is 0. The smallest absolute Gasteiger partial charge is 0.406 e. The molecule has 0 unspecified atom stereocenters. The van der Waals surface area contributed by atoms with E-state index >= 15 is 0 Å². The maximum atomic E-state index is 12.9. The fourth-order valence-corrected chi connectivity index (χ4v) is 3.22. The van der Waals surface area contributed by atoms with Crippen LogP contribution < -0.4 is 20.9 Å². The lowest BCUT2D eigenvalue weighted by molar-refractivity contribution is -0.274. The molecule has 158 valence electrons. The van der Waals surface area contributed by atoms with Gasteiger partial charge in [-0.25, -0.2) is 0 Å². The molecule has 0 spiro atoms. The van der Waals surface area contributed by atoms with Crippen LogP contribution in [0.2, 0.25) is 0 Å². The number of amides is 1. The van der Waals surface area contributed by atoms with Crippen LogP contribution >= 0.6 is 12.4 Å². The van der Waals surface area contributed by atoms with E-state index < -0.39 is 18.0 Å².